The molecule has 0 bridgehead atoms. The molecule has 0 unspecified atom stereocenters. The van der Waals surface area contributed by atoms with Gasteiger partial charge in [0.15, 0.2) is 15.8 Å². The number of halogens is 3. The molecular formula is C20H27F3N4O6S. The van der Waals surface area contributed by atoms with E-state index in [1.807, 2.05) is 6.92 Å². The molecule has 2 rings (SSSR count). The number of benzene rings is 1. The van der Waals surface area contributed by atoms with E-state index in [9.17, 15) is 31.2 Å². The minimum absolute atomic E-state index is 0.00145. The predicted molar refractivity (Wildman–Crippen MR) is 117 cm³/mol. The number of carbonyl (C=O) groups is 3. The molecule has 1 aliphatic rings. The van der Waals surface area contributed by atoms with Gasteiger partial charge in [0.25, 0.3) is 5.91 Å². The second-order valence-corrected chi connectivity index (χ2v) is 9.61. The fraction of sp³-hybridized carbons (Fsp3) is 0.500. The molecule has 1 saturated heterocycles. The highest BCUT2D eigenvalue weighted by molar-refractivity contribution is 7.90. The van der Waals surface area contributed by atoms with E-state index in [1.165, 1.54) is 6.07 Å². The van der Waals surface area contributed by atoms with Crippen LogP contribution in [0.5, 0.6) is 0 Å². The van der Waals surface area contributed by atoms with E-state index < -0.39 is 27.9 Å². The lowest BCUT2D eigenvalue weighted by Crippen LogP contribution is -2.37. The number of piperidine rings is 1. The first-order valence-electron chi connectivity index (χ1n) is 10.0. The largest absolute Gasteiger partial charge is 0.490 e. The lowest BCUT2D eigenvalue weighted by atomic mass is 9.87. The standard InChI is InChI=1S/C18H26N4O4S.C2HF3O2/c1-4-16(23)22-7-5-12(6-8-22)14-9-11(2)13(17(24)21-18(19)20)10-15(14)27(3,25)26;3-2(4,5)1(6)7/h9-10,12H,4-8H2,1-3H3,(H4,19,20,21,24);(H,6,7). The first-order valence-corrected chi connectivity index (χ1v) is 11.9. The number of hydrogen-bond acceptors (Lipinski definition) is 5. The van der Waals surface area contributed by atoms with Crippen molar-refractivity contribution in [1.82, 2.24) is 4.90 Å². The van der Waals surface area contributed by atoms with Crippen LogP contribution in [0.4, 0.5) is 13.2 Å². The molecule has 2 amide bonds. The van der Waals surface area contributed by atoms with E-state index in [4.69, 9.17) is 21.4 Å². The number of guanidine groups is 1. The van der Waals surface area contributed by atoms with Crippen LogP contribution < -0.4 is 11.5 Å². The number of rotatable bonds is 4. The van der Waals surface area contributed by atoms with Crippen molar-refractivity contribution in [2.75, 3.05) is 19.3 Å². The molecule has 1 aliphatic heterocycles. The highest BCUT2D eigenvalue weighted by Gasteiger charge is 2.38. The fourth-order valence-corrected chi connectivity index (χ4v) is 4.41. The van der Waals surface area contributed by atoms with E-state index in [1.54, 1.807) is 17.9 Å². The van der Waals surface area contributed by atoms with E-state index >= 15 is 0 Å². The second-order valence-electron chi connectivity index (χ2n) is 7.63. The molecule has 0 aromatic heterocycles. The number of likely N-dealkylation sites (tertiary alicyclic amines) is 1. The molecule has 34 heavy (non-hydrogen) atoms. The monoisotopic (exact) mass is 508 g/mol. The molecule has 1 fully saturated rings. The summed E-state index contributed by atoms with van der Waals surface area (Å²) in [6, 6.07) is 3.09. The van der Waals surface area contributed by atoms with E-state index in [-0.39, 0.29) is 28.2 Å². The quantitative estimate of drug-likeness (QED) is 0.406. The Morgan fingerprint density at radius 3 is 2.06 bits per heavy atom. The van der Waals surface area contributed by atoms with Crippen molar-refractivity contribution < 1.29 is 41.1 Å². The van der Waals surface area contributed by atoms with Crippen LogP contribution in [0.3, 0.4) is 0 Å². The van der Waals surface area contributed by atoms with Gasteiger partial charge in [-0.2, -0.15) is 18.2 Å². The third kappa shape index (κ3) is 8.01. The predicted octanol–water partition coefficient (Wildman–Crippen LogP) is 1.56. The van der Waals surface area contributed by atoms with Crippen LogP contribution in [0.15, 0.2) is 22.0 Å². The van der Waals surface area contributed by atoms with Crippen molar-refractivity contribution in [1.29, 1.82) is 0 Å². The fourth-order valence-electron chi connectivity index (χ4n) is 3.42. The lowest BCUT2D eigenvalue weighted by Gasteiger charge is -2.33. The molecule has 1 aromatic rings. The highest BCUT2D eigenvalue weighted by Crippen LogP contribution is 2.34. The third-order valence-electron chi connectivity index (χ3n) is 5.05. The summed E-state index contributed by atoms with van der Waals surface area (Å²) < 4.78 is 56.5. The average Bonchev–Trinajstić information content (AvgIpc) is 2.71. The Bertz CT molecular complexity index is 1070. The summed E-state index contributed by atoms with van der Waals surface area (Å²) in [6.45, 7) is 4.73. The van der Waals surface area contributed by atoms with Gasteiger partial charge in [-0.05, 0) is 42.9 Å². The van der Waals surface area contributed by atoms with Gasteiger partial charge < -0.3 is 21.5 Å². The maximum absolute atomic E-state index is 12.4. The molecule has 0 saturated carbocycles. The van der Waals surface area contributed by atoms with Crippen LogP contribution in [0.1, 0.15) is 53.6 Å². The second kappa shape index (κ2) is 11.3. The number of amides is 2. The van der Waals surface area contributed by atoms with Crippen LogP contribution in [0.25, 0.3) is 0 Å². The zero-order chi connectivity index (χ0) is 26.4. The number of aryl methyl sites for hydroxylation is 1. The van der Waals surface area contributed by atoms with Gasteiger partial charge >= 0.3 is 12.1 Å². The summed E-state index contributed by atoms with van der Waals surface area (Å²) in [5, 5.41) is 7.12. The first kappa shape index (κ1) is 28.9. The van der Waals surface area contributed by atoms with E-state index in [2.05, 4.69) is 4.99 Å². The van der Waals surface area contributed by atoms with Crippen LogP contribution in [0, 0.1) is 6.92 Å². The summed E-state index contributed by atoms with van der Waals surface area (Å²) in [5.74, 6) is -3.70. The van der Waals surface area contributed by atoms with E-state index in [0.717, 1.165) is 6.26 Å². The minimum Gasteiger partial charge on any atom is -0.475 e. The Labute approximate surface area is 194 Å². The van der Waals surface area contributed by atoms with Crippen LogP contribution in [-0.2, 0) is 19.4 Å². The van der Waals surface area contributed by atoms with Gasteiger partial charge in [-0.1, -0.05) is 13.0 Å². The number of sulfone groups is 1. The van der Waals surface area contributed by atoms with Gasteiger partial charge in [0.1, 0.15) is 0 Å². The third-order valence-corrected chi connectivity index (χ3v) is 6.20. The van der Waals surface area contributed by atoms with Crippen molar-refractivity contribution in [3.63, 3.8) is 0 Å². The first-order chi connectivity index (χ1) is 15.5. The van der Waals surface area contributed by atoms with Crippen LogP contribution in [0.2, 0.25) is 0 Å². The van der Waals surface area contributed by atoms with Crippen LogP contribution >= 0.6 is 0 Å². The highest BCUT2D eigenvalue weighted by atomic mass is 32.2. The molecule has 1 aromatic carbocycles. The smallest absolute Gasteiger partial charge is 0.475 e. The molecule has 10 nitrogen and oxygen atoms in total. The summed E-state index contributed by atoms with van der Waals surface area (Å²) in [7, 11) is -3.56. The number of aliphatic imine (C=N–C) groups is 1. The SMILES string of the molecule is CCC(=O)N1CCC(c2cc(C)c(C(=O)N=C(N)N)cc2S(C)(=O)=O)CC1.O=C(O)C(F)(F)F. The molecule has 0 radical (unpaired) electrons. The topological polar surface area (TPSA) is 173 Å². The maximum atomic E-state index is 12.4. The van der Waals surface area contributed by atoms with Crippen molar-refractivity contribution >= 4 is 33.6 Å². The van der Waals surface area contributed by atoms with Gasteiger partial charge in [-0.25, -0.2) is 13.2 Å². The molecule has 14 heteroatoms. The van der Waals surface area contributed by atoms with Crippen molar-refractivity contribution in [2.24, 2.45) is 16.5 Å². The molecule has 5 N–H and O–H groups in total. The summed E-state index contributed by atoms with van der Waals surface area (Å²) in [6.07, 6.45) is -2.16. The Balaban J connectivity index is 0.000000718. The number of carbonyl (C=O) groups excluding carboxylic acids is 2. The van der Waals surface area contributed by atoms with Crippen molar-refractivity contribution in [2.45, 2.75) is 50.1 Å². The van der Waals surface area contributed by atoms with Crippen LogP contribution in [-0.4, -0.2) is 67.7 Å². The van der Waals surface area contributed by atoms with Gasteiger partial charge in [0, 0.05) is 31.3 Å². The van der Waals surface area contributed by atoms with E-state index in [0.29, 0.717) is 43.5 Å². The number of carboxylic acids is 1. The zero-order valence-corrected chi connectivity index (χ0v) is 19.7. The lowest BCUT2D eigenvalue weighted by molar-refractivity contribution is -0.192. The number of nitrogens with two attached hydrogens (primary N) is 2. The molecule has 0 aliphatic carbocycles. The number of carboxylic acid groups (broad SMARTS) is 1. The summed E-state index contributed by atoms with van der Waals surface area (Å²) >= 11 is 0. The number of aliphatic carboxylic acids is 1. The van der Waals surface area contributed by atoms with Gasteiger partial charge in [-0.3, -0.25) is 9.59 Å². The zero-order valence-electron chi connectivity index (χ0n) is 18.8. The van der Waals surface area contributed by atoms with Gasteiger partial charge in [0.2, 0.25) is 5.91 Å². The maximum Gasteiger partial charge on any atom is 0.490 e. The summed E-state index contributed by atoms with van der Waals surface area (Å²) in [4.78, 5) is 38.4. The Morgan fingerprint density at radius 2 is 1.68 bits per heavy atom. The number of alkyl halides is 3. The van der Waals surface area contributed by atoms with Crippen molar-refractivity contribution in [3.8, 4) is 0 Å². The molecule has 0 atom stereocenters. The molecular weight excluding hydrogens is 481 g/mol. The normalized spacial score (nSPS) is 14.6. The Hall–Kier alpha value is -3.16. The average molecular weight is 509 g/mol. The molecule has 1 heterocycles. The Morgan fingerprint density at radius 1 is 1.18 bits per heavy atom. The van der Waals surface area contributed by atoms with Gasteiger partial charge in [-0.15, -0.1) is 0 Å². The number of nitrogens with zero attached hydrogens (tertiary/aromatic N) is 2. The molecule has 0 spiro atoms. The Kier molecular flexibility index (Phi) is 9.61. The van der Waals surface area contributed by atoms with Gasteiger partial charge in [0.05, 0.1) is 4.90 Å². The van der Waals surface area contributed by atoms with Crippen molar-refractivity contribution in [3.05, 3.63) is 28.8 Å². The minimum atomic E-state index is -5.08. The summed E-state index contributed by atoms with van der Waals surface area (Å²) in [5.41, 5.74) is 12.0. The number of hydrogen-bond donors (Lipinski definition) is 3. The molecule has 190 valence electrons.